The maximum atomic E-state index is 13.0. The second-order valence-corrected chi connectivity index (χ2v) is 10.0. The van der Waals surface area contributed by atoms with Crippen molar-refractivity contribution in [2.24, 2.45) is 5.92 Å². The van der Waals surface area contributed by atoms with Crippen LogP contribution in [0, 0.1) is 5.92 Å². The molecule has 7 nitrogen and oxygen atoms in total. The Kier molecular flexibility index (Phi) is 7.20. The Morgan fingerprint density at radius 1 is 1.23 bits per heavy atom. The number of likely N-dealkylation sites (tertiary alicyclic amines) is 1. The number of aromatic nitrogens is 3. The summed E-state index contributed by atoms with van der Waals surface area (Å²) in [5.74, 6) is 1.16. The molecule has 2 aromatic heterocycles. The van der Waals surface area contributed by atoms with Gasteiger partial charge in [-0.15, -0.1) is 0 Å². The van der Waals surface area contributed by atoms with E-state index in [0.29, 0.717) is 23.8 Å². The molecule has 5 rings (SSSR count). The van der Waals surface area contributed by atoms with E-state index in [4.69, 9.17) is 11.6 Å². The molecule has 1 unspecified atom stereocenters. The zero-order valence-electron chi connectivity index (χ0n) is 19.1. The predicted octanol–water partition coefficient (Wildman–Crippen LogP) is 5.71. The molecule has 0 bridgehead atoms. The minimum atomic E-state index is -0.0965. The van der Waals surface area contributed by atoms with Gasteiger partial charge in [0, 0.05) is 55.1 Å². The van der Waals surface area contributed by atoms with Gasteiger partial charge in [-0.2, -0.15) is 5.10 Å². The Labute approximate surface area is 218 Å². The van der Waals surface area contributed by atoms with Gasteiger partial charge >= 0.3 is 6.03 Å². The largest absolute Gasteiger partial charge is 0.366 e. The molecule has 2 amide bonds. The van der Waals surface area contributed by atoms with Crippen LogP contribution in [-0.2, 0) is 13.0 Å². The van der Waals surface area contributed by atoms with Gasteiger partial charge in [-0.1, -0.05) is 29.8 Å². The molecule has 3 aromatic rings. The van der Waals surface area contributed by atoms with Crippen molar-refractivity contribution in [3.63, 3.8) is 0 Å². The Bertz CT molecular complexity index is 1270. The molecule has 35 heavy (non-hydrogen) atoms. The number of nitrogens with one attached hydrogen (secondary N) is 2. The van der Waals surface area contributed by atoms with Gasteiger partial charge in [0.1, 0.15) is 5.82 Å². The first-order valence-corrected chi connectivity index (χ1v) is 12.8. The summed E-state index contributed by atoms with van der Waals surface area (Å²) in [5, 5.41) is 11.7. The molecule has 2 N–H and O–H groups in total. The van der Waals surface area contributed by atoms with Crippen LogP contribution in [-0.4, -0.2) is 38.8 Å². The Hall–Kier alpha value is -3.10. The van der Waals surface area contributed by atoms with Crippen LogP contribution in [0.1, 0.15) is 24.1 Å². The number of carbonyl (C=O) groups excluding carboxylic acids is 1. The molecule has 1 saturated heterocycles. The third kappa shape index (κ3) is 5.60. The second kappa shape index (κ2) is 10.7. The van der Waals surface area contributed by atoms with E-state index < -0.39 is 0 Å². The van der Waals surface area contributed by atoms with Gasteiger partial charge in [0.25, 0.3) is 0 Å². The first-order chi connectivity index (χ1) is 17.1. The van der Waals surface area contributed by atoms with E-state index in [-0.39, 0.29) is 11.9 Å². The number of rotatable bonds is 5. The summed E-state index contributed by atoms with van der Waals surface area (Å²) in [6, 6.07) is 11.1. The van der Waals surface area contributed by atoms with Crippen molar-refractivity contribution in [2.45, 2.75) is 25.8 Å². The molecule has 0 aliphatic carbocycles. The fourth-order valence-corrected chi connectivity index (χ4v) is 5.16. The molecule has 1 atom stereocenters. The predicted molar refractivity (Wildman–Crippen MR) is 142 cm³/mol. The highest BCUT2D eigenvalue weighted by molar-refractivity contribution is 9.10. The van der Waals surface area contributed by atoms with E-state index in [1.54, 1.807) is 18.3 Å². The number of amides is 2. The lowest BCUT2D eigenvalue weighted by Crippen LogP contribution is -2.42. The summed E-state index contributed by atoms with van der Waals surface area (Å²) in [6.45, 7) is 2.04. The van der Waals surface area contributed by atoms with Crippen LogP contribution < -0.4 is 10.6 Å². The fraction of sp³-hybridized carbons (Fsp3) is 0.269. The summed E-state index contributed by atoms with van der Waals surface area (Å²) in [7, 11) is 0. The highest BCUT2D eigenvalue weighted by Gasteiger charge is 2.27. The van der Waals surface area contributed by atoms with Gasteiger partial charge < -0.3 is 15.5 Å². The molecule has 0 saturated carbocycles. The van der Waals surface area contributed by atoms with Crippen LogP contribution in [0.4, 0.5) is 10.5 Å². The fourth-order valence-electron chi connectivity index (χ4n) is 4.55. The van der Waals surface area contributed by atoms with E-state index >= 15 is 0 Å². The van der Waals surface area contributed by atoms with E-state index in [2.05, 4.69) is 48.8 Å². The topological polar surface area (TPSA) is 75.1 Å². The third-order valence-electron chi connectivity index (χ3n) is 6.33. The standard InChI is InChI=1S/C26H26BrClN6O/c27-23-16-31-34-24(23)9-8-19(12-25(34)30-15-18-4-2-10-29-14-18)20-5-3-11-33(17-20)26(35)32-22-7-1-6-21(28)13-22/h1-2,4,6-8,10,12-14,16,20,30H,3,5,9,11,15,17H2,(H,32,35). The molecule has 2 aliphatic rings. The maximum Gasteiger partial charge on any atom is 0.321 e. The van der Waals surface area contributed by atoms with Crippen molar-refractivity contribution >= 4 is 45.1 Å². The molecule has 1 aromatic carbocycles. The van der Waals surface area contributed by atoms with Crippen molar-refractivity contribution < 1.29 is 4.79 Å². The zero-order chi connectivity index (χ0) is 24.2. The van der Waals surface area contributed by atoms with E-state index in [0.717, 1.165) is 47.4 Å². The van der Waals surface area contributed by atoms with Crippen LogP contribution in [0.25, 0.3) is 5.82 Å². The summed E-state index contributed by atoms with van der Waals surface area (Å²) in [6.07, 6.45) is 12.6. The van der Waals surface area contributed by atoms with Crippen molar-refractivity contribution in [3.05, 3.63) is 93.5 Å². The molecule has 4 heterocycles. The highest BCUT2D eigenvalue weighted by Crippen LogP contribution is 2.31. The second-order valence-electron chi connectivity index (χ2n) is 8.73. The van der Waals surface area contributed by atoms with Gasteiger partial charge in [0.2, 0.25) is 0 Å². The number of carbonyl (C=O) groups is 1. The average Bonchev–Trinajstić information content (AvgIpc) is 3.13. The monoisotopic (exact) mass is 552 g/mol. The molecular weight excluding hydrogens is 528 g/mol. The number of hydrogen-bond donors (Lipinski definition) is 2. The Balaban J connectivity index is 1.33. The molecule has 9 heteroatoms. The lowest BCUT2D eigenvalue weighted by Gasteiger charge is -2.33. The number of allylic oxidation sites excluding steroid dienone is 2. The summed E-state index contributed by atoms with van der Waals surface area (Å²) < 4.78 is 2.94. The minimum absolute atomic E-state index is 0.0965. The molecular formula is C26H26BrClN6O. The molecule has 180 valence electrons. The van der Waals surface area contributed by atoms with E-state index in [1.165, 1.54) is 5.57 Å². The number of halogens is 2. The summed E-state index contributed by atoms with van der Waals surface area (Å²) >= 11 is 9.72. The number of pyridine rings is 1. The van der Waals surface area contributed by atoms with Crippen LogP contribution >= 0.6 is 27.5 Å². The lowest BCUT2D eigenvalue weighted by molar-refractivity contribution is 0.186. The molecule has 2 aliphatic heterocycles. The molecule has 1 fully saturated rings. The minimum Gasteiger partial charge on any atom is -0.366 e. The first kappa shape index (κ1) is 23.6. The maximum absolute atomic E-state index is 13.0. The Morgan fingerprint density at radius 3 is 2.97 bits per heavy atom. The van der Waals surface area contributed by atoms with Crippen molar-refractivity contribution in [1.29, 1.82) is 0 Å². The smallest absolute Gasteiger partial charge is 0.321 e. The Morgan fingerprint density at radius 2 is 2.14 bits per heavy atom. The van der Waals surface area contributed by atoms with Gasteiger partial charge in [-0.3, -0.25) is 4.98 Å². The molecule has 0 spiro atoms. The van der Waals surface area contributed by atoms with Crippen molar-refractivity contribution in [1.82, 2.24) is 25.0 Å². The van der Waals surface area contributed by atoms with Crippen LogP contribution in [0.5, 0.6) is 0 Å². The number of hydrogen-bond acceptors (Lipinski definition) is 4. The number of anilines is 1. The van der Waals surface area contributed by atoms with Gasteiger partial charge in [-0.05, 0) is 70.2 Å². The highest BCUT2D eigenvalue weighted by atomic mass is 79.9. The third-order valence-corrected chi connectivity index (χ3v) is 7.23. The molecule has 0 radical (unpaired) electrons. The summed E-state index contributed by atoms with van der Waals surface area (Å²) in [5.41, 5.74) is 4.11. The number of urea groups is 1. The summed E-state index contributed by atoms with van der Waals surface area (Å²) in [4.78, 5) is 19.1. The van der Waals surface area contributed by atoms with Crippen LogP contribution in [0.3, 0.4) is 0 Å². The first-order valence-electron chi connectivity index (χ1n) is 11.7. The van der Waals surface area contributed by atoms with Gasteiger partial charge in [-0.25, -0.2) is 9.48 Å². The number of fused-ring (bicyclic) bond motifs is 1. The zero-order valence-corrected chi connectivity index (χ0v) is 21.5. The van der Waals surface area contributed by atoms with E-state index in [1.807, 2.05) is 46.2 Å². The number of piperidine rings is 1. The normalized spacial score (nSPS) is 17.7. The van der Waals surface area contributed by atoms with Gasteiger partial charge in [0.05, 0.1) is 16.4 Å². The lowest BCUT2D eigenvalue weighted by atomic mass is 9.89. The number of benzene rings is 1. The quantitative estimate of drug-likeness (QED) is 0.424. The number of nitrogens with zero attached hydrogens (tertiary/aromatic N) is 4. The van der Waals surface area contributed by atoms with Crippen LogP contribution in [0.15, 0.2) is 77.2 Å². The van der Waals surface area contributed by atoms with E-state index in [9.17, 15) is 4.79 Å². The average molecular weight is 554 g/mol. The van der Waals surface area contributed by atoms with Crippen LogP contribution in [0.2, 0.25) is 5.02 Å². The van der Waals surface area contributed by atoms with Crippen molar-refractivity contribution in [2.75, 3.05) is 18.4 Å². The van der Waals surface area contributed by atoms with Crippen molar-refractivity contribution in [3.8, 4) is 0 Å². The SMILES string of the molecule is O=C(Nc1cccc(Cl)c1)N1CCCC(C2=CCc3c(Br)cnn3C(NCc3cccnc3)=C2)C1. The van der Waals surface area contributed by atoms with Gasteiger partial charge in [0.15, 0.2) is 0 Å².